The maximum atomic E-state index is 11.9. The van der Waals surface area contributed by atoms with Crippen molar-refractivity contribution in [2.24, 2.45) is 0 Å². The zero-order valence-corrected chi connectivity index (χ0v) is 14.7. The van der Waals surface area contributed by atoms with Crippen molar-refractivity contribution in [2.45, 2.75) is 0 Å². The highest BCUT2D eigenvalue weighted by Crippen LogP contribution is 2.37. The Labute approximate surface area is 154 Å². The van der Waals surface area contributed by atoms with Crippen LogP contribution in [-0.4, -0.2) is 30.3 Å². The van der Waals surface area contributed by atoms with E-state index in [1.165, 1.54) is 20.5 Å². The van der Waals surface area contributed by atoms with E-state index in [9.17, 15) is 4.79 Å². The fourth-order valence-corrected chi connectivity index (χ4v) is 2.38. The standard InChI is InChI=1S/C17H15ClN4O4/c1-24-13-9-11(14(25-2)8-10(13)18)19-15-5-6-16(22-21-15)20-17(23)12-4-3-7-26-12/h3-9H,1-2H3,(H,19,21)(H,20,22,23). The minimum absolute atomic E-state index is 0.187. The molecule has 8 nitrogen and oxygen atoms in total. The van der Waals surface area contributed by atoms with Crippen LogP contribution in [0.25, 0.3) is 0 Å². The highest BCUT2D eigenvalue weighted by atomic mass is 35.5. The summed E-state index contributed by atoms with van der Waals surface area (Å²) in [6.45, 7) is 0. The van der Waals surface area contributed by atoms with Crippen molar-refractivity contribution in [3.8, 4) is 11.5 Å². The second kappa shape index (κ2) is 7.75. The van der Waals surface area contributed by atoms with Gasteiger partial charge in [-0.25, -0.2) is 0 Å². The van der Waals surface area contributed by atoms with Gasteiger partial charge >= 0.3 is 0 Å². The Morgan fingerprint density at radius 2 is 1.81 bits per heavy atom. The van der Waals surface area contributed by atoms with Gasteiger partial charge in [-0.15, -0.1) is 10.2 Å². The Morgan fingerprint density at radius 3 is 2.42 bits per heavy atom. The van der Waals surface area contributed by atoms with Crippen LogP contribution in [0.2, 0.25) is 5.02 Å². The third kappa shape index (κ3) is 3.86. The largest absolute Gasteiger partial charge is 0.495 e. The van der Waals surface area contributed by atoms with Crippen molar-refractivity contribution in [1.82, 2.24) is 10.2 Å². The number of amides is 1. The fourth-order valence-electron chi connectivity index (χ4n) is 2.15. The summed E-state index contributed by atoms with van der Waals surface area (Å²) in [5.74, 6) is 1.53. The van der Waals surface area contributed by atoms with Crippen LogP contribution in [0.1, 0.15) is 10.6 Å². The van der Waals surface area contributed by atoms with E-state index in [1.807, 2.05) is 0 Å². The lowest BCUT2D eigenvalue weighted by Gasteiger charge is -2.13. The van der Waals surface area contributed by atoms with Gasteiger partial charge in [0.05, 0.1) is 31.2 Å². The molecule has 1 amide bonds. The summed E-state index contributed by atoms with van der Waals surface area (Å²) < 4.78 is 15.5. The molecule has 3 aromatic rings. The summed E-state index contributed by atoms with van der Waals surface area (Å²) in [6, 6.07) is 9.77. The van der Waals surface area contributed by atoms with Crippen LogP contribution < -0.4 is 20.1 Å². The number of furan rings is 1. The van der Waals surface area contributed by atoms with Crippen LogP contribution >= 0.6 is 11.6 Å². The van der Waals surface area contributed by atoms with Crippen molar-refractivity contribution in [1.29, 1.82) is 0 Å². The van der Waals surface area contributed by atoms with Crippen LogP contribution in [0.3, 0.4) is 0 Å². The third-order valence-electron chi connectivity index (χ3n) is 3.39. The lowest BCUT2D eigenvalue weighted by molar-refractivity contribution is 0.0996. The molecule has 26 heavy (non-hydrogen) atoms. The highest BCUT2D eigenvalue weighted by molar-refractivity contribution is 6.32. The predicted molar refractivity (Wildman–Crippen MR) is 96.5 cm³/mol. The molecule has 134 valence electrons. The van der Waals surface area contributed by atoms with Crippen molar-refractivity contribution in [3.05, 3.63) is 53.4 Å². The molecule has 0 radical (unpaired) electrons. The normalized spacial score (nSPS) is 10.3. The van der Waals surface area contributed by atoms with Crippen LogP contribution in [-0.2, 0) is 0 Å². The number of benzene rings is 1. The Morgan fingerprint density at radius 1 is 1.08 bits per heavy atom. The topological polar surface area (TPSA) is 98.5 Å². The average molecular weight is 375 g/mol. The minimum atomic E-state index is -0.408. The summed E-state index contributed by atoms with van der Waals surface area (Å²) in [5.41, 5.74) is 0.607. The first kappa shape index (κ1) is 17.6. The maximum absolute atomic E-state index is 11.9. The maximum Gasteiger partial charge on any atom is 0.292 e. The van der Waals surface area contributed by atoms with Gasteiger partial charge in [0, 0.05) is 12.1 Å². The molecular formula is C17H15ClN4O4. The predicted octanol–water partition coefficient (Wildman–Crippen LogP) is 3.74. The van der Waals surface area contributed by atoms with Gasteiger partial charge in [0.1, 0.15) is 11.5 Å². The second-order valence-corrected chi connectivity index (χ2v) is 5.45. The number of ether oxygens (including phenoxy) is 2. The molecule has 0 spiro atoms. The molecule has 0 aliphatic rings. The van der Waals surface area contributed by atoms with Gasteiger partial charge in [0.25, 0.3) is 5.91 Å². The van der Waals surface area contributed by atoms with Gasteiger partial charge in [-0.05, 0) is 24.3 Å². The van der Waals surface area contributed by atoms with Crippen molar-refractivity contribution in [3.63, 3.8) is 0 Å². The summed E-state index contributed by atoms with van der Waals surface area (Å²) in [5, 5.41) is 14.1. The van der Waals surface area contributed by atoms with Crippen LogP contribution in [0.15, 0.2) is 47.1 Å². The number of hydrogen-bond acceptors (Lipinski definition) is 7. The van der Waals surface area contributed by atoms with Gasteiger partial charge < -0.3 is 24.5 Å². The summed E-state index contributed by atoms with van der Waals surface area (Å²) in [7, 11) is 3.05. The molecule has 1 aromatic carbocycles. The number of carbonyl (C=O) groups excluding carboxylic acids is 1. The Hall–Kier alpha value is -3.26. The van der Waals surface area contributed by atoms with E-state index < -0.39 is 5.91 Å². The first-order chi connectivity index (χ1) is 12.6. The molecule has 3 rings (SSSR count). The number of hydrogen-bond donors (Lipinski definition) is 2. The third-order valence-corrected chi connectivity index (χ3v) is 3.68. The SMILES string of the molecule is COc1cc(Nc2ccc(NC(=O)c3ccco3)nn2)c(OC)cc1Cl. The lowest BCUT2D eigenvalue weighted by atomic mass is 10.2. The molecule has 2 heterocycles. The van der Waals surface area contributed by atoms with Gasteiger partial charge in [-0.1, -0.05) is 11.6 Å². The second-order valence-electron chi connectivity index (χ2n) is 5.05. The van der Waals surface area contributed by atoms with E-state index in [4.69, 9.17) is 25.5 Å². The summed E-state index contributed by atoms with van der Waals surface area (Å²) >= 11 is 6.09. The van der Waals surface area contributed by atoms with Crippen LogP contribution in [0.4, 0.5) is 17.3 Å². The van der Waals surface area contributed by atoms with E-state index in [0.29, 0.717) is 28.0 Å². The zero-order chi connectivity index (χ0) is 18.5. The number of halogens is 1. The van der Waals surface area contributed by atoms with Crippen molar-refractivity contribution < 1.29 is 18.7 Å². The zero-order valence-electron chi connectivity index (χ0n) is 13.9. The molecule has 0 atom stereocenters. The van der Waals surface area contributed by atoms with E-state index in [0.717, 1.165) is 0 Å². The Balaban J connectivity index is 1.74. The number of methoxy groups -OCH3 is 2. The summed E-state index contributed by atoms with van der Waals surface area (Å²) in [4.78, 5) is 11.9. The fraction of sp³-hybridized carbons (Fsp3) is 0.118. The van der Waals surface area contributed by atoms with Crippen molar-refractivity contribution >= 4 is 34.8 Å². The molecule has 0 aliphatic carbocycles. The van der Waals surface area contributed by atoms with Gasteiger partial charge in [-0.3, -0.25) is 4.79 Å². The number of nitrogens with zero attached hydrogens (tertiary/aromatic N) is 2. The van der Waals surface area contributed by atoms with Gasteiger partial charge in [0.2, 0.25) is 0 Å². The number of anilines is 3. The molecule has 0 unspecified atom stereocenters. The van der Waals surface area contributed by atoms with Gasteiger partial charge in [-0.2, -0.15) is 0 Å². The first-order valence-electron chi connectivity index (χ1n) is 7.48. The number of aromatic nitrogens is 2. The Kier molecular flexibility index (Phi) is 5.23. The van der Waals surface area contributed by atoms with Crippen molar-refractivity contribution in [2.75, 3.05) is 24.9 Å². The molecule has 0 saturated heterocycles. The van der Waals surface area contributed by atoms with E-state index in [2.05, 4.69) is 20.8 Å². The molecule has 0 fully saturated rings. The minimum Gasteiger partial charge on any atom is -0.495 e. The average Bonchev–Trinajstić information content (AvgIpc) is 3.19. The molecule has 0 aliphatic heterocycles. The van der Waals surface area contributed by atoms with Gasteiger partial charge in [0.15, 0.2) is 17.4 Å². The molecule has 0 saturated carbocycles. The first-order valence-corrected chi connectivity index (χ1v) is 7.85. The molecule has 9 heteroatoms. The quantitative estimate of drug-likeness (QED) is 0.678. The number of nitrogens with one attached hydrogen (secondary N) is 2. The molecule has 0 bridgehead atoms. The number of carbonyl (C=O) groups is 1. The molecule has 2 aromatic heterocycles. The number of rotatable bonds is 6. The van der Waals surface area contributed by atoms with E-state index >= 15 is 0 Å². The molecule has 2 N–H and O–H groups in total. The van der Waals surface area contributed by atoms with Crippen LogP contribution in [0.5, 0.6) is 11.5 Å². The monoisotopic (exact) mass is 374 g/mol. The summed E-state index contributed by atoms with van der Waals surface area (Å²) in [6.07, 6.45) is 1.42. The molecular weight excluding hydrogens is 360 g/mol. The van der Waals surface area contributed by atoms with Crippen LogP contribution in [0, 0.1) is 0 Å². The van der Waals surface area contributed by atoms with E-state index in [-0.39, 0.29) is 11.6 Å². The van der Waals surface area contributed by atoms with E-state index in [1.54, 1.807) is 36.4 Å². The Bertz CT molecular complexity index is 898. The lowest BCUT2D eigenvalue weighted by Crippen LogP contribution is -2.12. The smallest absolute Gasteiger partial charge is 0.292 e. The highest BCUT2D eigenvalue weighted by Gasteiger charge is 2.12.